The number of nitrogens with zero attached hydrogens (tertiary/aromatic N) is 3. The molecule has 0 spiro atoms. The first-order chi connectivity index (χ1) is 11.8. The molecular weight excluding hydrogens is 334 g/mol. The Morgan fingerprint density at radius 2 is 2.12 bits per heavy atom. The summed E-state index contributed by atoms with van der Waals surface area (Å²) in [7, 11) is 0. The van der Waals surface area contributed by atoms with Gasteiger partial charge in [-0.3, -0.25) is 14.2 Å². The van der Waals surface area contributed by atoms with E-state index in [2.05, 4.69) is 15.0 Å². The minimum Gasteiger partial charge on any atom is -0.380 e. The van der Waals surface area contributed by atoms with Crippen LogP contribution in [0.4, 0.5) is 0 Å². The number of hydrogen-bond donors (Lipinski definition) is 3. The van der Waals surface area contributed by atoms with E-state index in [4.69, 9.17) is 19.9 Å². The second-order valence-corrected chi connectivity index (χ2v) is 6.46. The van der Waals surface area contributed by atoms with Crippen LogP contribution in [0, 0.1) is 0 Å². The zero-order valence-corrected chi connectivity index (χ0v) is 13.4. The number of fused-ring (bicyclic) bond motifs is 2. The third-order valence-corrected chi connectivity index (χ3v) is 4.31. The fourth-order valence-corrected chi connectivity index (χ4v) is 3.30. The highest BCUT2D eigenvalue weighted by Gasteiger charge is 2.58. The number of carbonyl (C=O) groups excluding carboxylic acids is 1. The Morgan fingerprint density at radius 3 is 2.84 bits per heavy atom. The molecule has 0 bridgehead atoms. The molecule has 25 heavy (non-hydrogen) atoms. The number of nitrogens with two attached hydrogens (primary N) is 1. The number of aliphatic hydroxyl groups is 1. The largest absolute Gasteiger partial charge is 0.380 e. The molecule has 1 amide bonds. The van der Waals surface area contributed by atoms with Crippen LogP contribution in [0.15, 0.2) is 17.4 Å². The summed E-state index contributed by atoms with van der Waals surface area (Å²) in [5.74, 6) is -1.86. The average Bonchev–Trinajstić information content (AvgIpc) is 3.17. The van der Waals surface area contributed by atoms with Crippen LogP contribution in [0.25, 0.3) is 11.2 Å². The van der Waals surface area contributed by atoms with Gasteiger partial charge in [0.15, 0.2) is 29.3 Å². The van der Waals surface area contributed by atoms with Gasteiger partial charge in [-0.25, -0.2) is 9.97 Å². The van der Waals surface area contributed by atoms with Crippen molar-refractivity contribution in [2.24, 2.45) is 5.73 Å². The summed E-state index contributed by atoms with van der Waals surface area (Å²) >= 11 is 0. The quantitative estimate of drug-likeness (QED) is 0.596. The Kier molecular flexibility index (Phi) is 3.44. The summed E-state index contributed by atoms with van der Waals surface area (Å²) in [5, 5.41) is 10.1. The van der Waals surface area contributed by atoms with E-state index in [-0.39, 0.29) is 11.2 Å². The molecule has 4 rings (SSSR count). The highest BCUT2D eigenvalue weighted by Crippen LogP contribution is 2.44. The first-order valence-corrected chi connectivity index (χ1v) is 7.67. The van der Waals surface area contributed by atoms with E-state index in [1.807, 2.05) is 0 Å². The second-order valence-electron chi connectivity index (χ2n) is 6.46. The molecule has 2 aliphatic rings. The fraction of sp³-hybridized carbons (Fsp3) is 0.571. The third kappa shape index (κ3) is 2.43. The lowest BCUT2D eigenvalue weighted by molar-refractivity contribution is -0.207. The number of imidazole rings is 1. The maximum atomic E-state index is 11.8. The molecule has 2 fully saturated rings. The van der Waals surface area contributed by atoms with Crippen LogP contribution < -0.4 is 11.3 Å². The van der Waals surface area contributed by atoms with Crippen LogP contribution in [0.1, 0.15) is 20.1 Å². The lowest BCUT2D eigenvalue weighted by Gasteiger charge is -2.25. The molecule has 5 atom stereocenters. The van der Waals surface area contributed by atoms with Crippen molar-refractivity contribution in [3.8, 4) is 0 Å². The highest BCUT2D eigenvalue weighted by molar-refractivity contribution is 5.79. The number of hydrogen-bond acceptors (Lipinski definition) is 8. The van der Waals surface area contributed by atoms with Gasteiger partial charge in [0.05, 0.1) is 12.7 Å². The van der Waals surface area contributed by atoms with Gasteiger partial charge in [-0.1, -0.05) is 0 Å². The number of aromatic nitrogens is 4. The van der Waals surface area contributed by atoms with E-state index in [0.717, 1.165) is 0 Å². The maximum Gasteiger partial charge on any atom is 0.278 e. The molecule has 0 saturated carbocycles. The number of H-pyrrole nitrogens is 1. The monoisotopic (exact) mass is 351 g/mol. The number of nitrogens with one attached hydrogen (secondary N) is 1. The van der Waals surface area contributed by atoms with Gasteiger partial charge in [0.2, 0.25) is 5.91 Å². The summed E-state index contributed by atoms with van der Waals surface area (Å²) in [6.07, 6.45) is -2.11. The second kappa shape index (κ2) is 5.33. The van der Waals surface area contributed by atoms with Crippen molar-refractivity contribution in [1.82, 2.24) is 19.5 Å². The van der Waals surface area contributed by atoms with Gasteiger partial charge in [0, 0.05) is 0 Å². The van der Waals surface area contributed by atoms with Gasteiger partial charge in [0.1, 0.15) is 18.3 Å². The molecule has 2 aliphatic heterocycles. The topological polar surface area (TPSA) is 155 Å². The van der Waals surface area contributed by atoms with Crippen molar-refractivity contribution in [1.29, 1.82) is 0 Å². The summed E-state index contributed by atoms with van der Waals surface area (Å²) in [5.41, 5.74) is 5.23. The summed E-state index contributed by atoms with van der Waals surface area (Å²) in [6, 6.07) is 0. The lowest BCUT2D eigenvalue weighted by Crippen LogP contribution is -2.45. The Balaban J connectivity index is 1.77. The van der Waals surface area contributed by atoms with Gasteiger partial charge in [-0.15, -0.1) is 0 Å². The Morgan fingerprint density at radius 1 is 1.40 bits per heavy atom. The van der Waals surface area contributed by atoms with E-state index in [1.165, 1.54) is 17.2 Å². The van der Waals surface area contributed by atoms with Crippen molar-refractivity contribution in [2.45, 2.75) is 50.3 Å². The molecule has 4 N–H and O–H groups in total. The molecule has 2 aromatic heterocycles. The minimum absolute atomic E-state index is 0.139. The van der Waals surface area contributed by atoms with Gasteiger partial charge in [0.25, 0.3) is 5.56 Å². The predicted molar refractivity (Wildman–Crippen MR) is 81.1 cm³/mol. The summed E-state index contributed by atoms with van der Waals surface area (Å²) in [4.78, 5) is 33.8. The molecule has 11 nitrogen and oxygen atoms in total. The van der Waals surface area contributed by atoms with Crippen LogP contribution in [-0.2, 0) is 19.0 Å². The van der Waals surface area contributed by atoms with Crippen molar-refractivity contribution >= 4 is 17.1 Å². The smallest absolute Gasteiger partial charge is 0.278 e. The number of primary amides is 1. The number of aliphatic hydroxyl groups excluding tert-OH is 1. The lowest BCUT2D eigenvalue weighted by atomic mass is 10.1. The van der Waals surface area contributed by atoms with Gasteiger partial charge < -0.3 is 30.0 Å². The van der Waals surface area contributed by atoms with Crippen molar-refractivity contribution in [3.05, 3.63) is 23.0 Å². The van der Waals surface area contributed by atoms with E-state index < -0.39 is 47.9 Å². The molecule has 0 radical (unpaired) electrons. The first kappa shape index (κ1) is 16.1. The van der Waals surface area contributed by atoms with Crippen LogP contribution in [0.3, 0.4) is 0 Å². The summed E-state index contributed by atoms with van der Waals surface area (Å²) in [6.45, 7) is 3.43. The van der Waals surface area contributed by atoms with Crippen LogP contribution in [0.5, 0.6) is 0 Å². The molecule has 2 aromatic rings. The van der Waals surface area contributed by atoms with Crippen molar-refractivity contribution < 1.29 is 24.1 Å². The van der Waals surface area contributed by atoms with Crippen LogP contribution in [-0.4, -0.2) is 60.7 Å². The minimum atomic E-state index is -1.57. The third-order valence-electron chi connectivity index (χ3n) is 4.31. The molecule has 0 unspecified atom stereocenters. The van der Waals surface area contributed by atoms with E-state index in [0.29, 0.717) is 0 Å². The zero-order chi connectivity index (χ0) is 17.9. The van der Waals surface area contributed by atoms with Crippen molar-refractivity contribution in [2.75, 3.05) is 0 Å². The Bertz CT molecular complexity index is 891. The Labute approximate surface area is 140 Å². The summed E-state index contributed by atoms with van der Waals surface area (Å²) < 4.78 is 19.0. The van der Waals surface area contributed by atoms with Crippen LogP contribution in [0.2, 0.25) is 0 Å². The number of amides is 1. The van der Waals surface area contributed by atoms with Crippen molar-refractivity contribution in [3.63, 3.8) is 0 Å². The molecule has 0 aromatic carbocycles. The average molecular weight is 351 g/mol. The fourth-order valence-electron chi connectivity index (χ4n) is 3.30. The molecule has 0 aliphatic carbocycles. The standard InChI is InChI=1S/C14H17N5O6/c1-14(2)24-8-7(6(20)10(15)21)23-13(9(8)25-14)19-4-18-5-11(19)16-3-17-12(5)22/h3-4,6-9,13,20H,1-2H3,(H2,15,21)(H,16,17,22)/t6-,7-,8-,9-,13-/m1/s1. The SMILES string of the molecule is CC1(C)O[C@H]2[C@@H](O1)[C@H](n1cnc3c(=O)[nH]cnc31)O[C@@H]2[C@@H](O)C(N)=O. The van der Waals surface area contributed by atoms with Crippen LogP contribution >= 0.6 is 0 Å². The van der Waals surface area contributed by atoms with Gasteiger partial charge in [-0.2, -0.15) is 0 Å². The molecule has 2 saturated heterocycles. The zero-order valence-electron chi connectivity index (χ0n) is 13.4. The van der Waals surface area contributed by atoms with Gasteiger partial charge in [-0.05, 0) is 13.8 Å². The molecule has 11 heteroatoms. The number of aromatic amines is 1. The molecule has 134 valence electrons. The predicted octanol–water partition coefficient (Wildman–Crippen LogP) is -1.62. The normalized spacial score (nSPS) is 32.0. The van der Waals surface area contributed by atoms with E-state index >= 15 is 0 Å². The number of ether oxygens (including phenoxy) is 3. The highest BCUT2D eigenvalue weighted by atomic mass is 16.8. The Hall–Kier alpha value is -2.34. The number of carbonyl (C=O) groups is 1. The first-order valence-electron chi connectivity index (χ1n) is 7.67. The van der Waals surface area contributed by atoms with E-state index in [9.17, 15) is 14.7 Å². The number of rotatable bonds is 3. The van der Waals surface area contributed by atoms with Gasteiger partial charge >= 0.3 is 0 Å². The maximum absolute atomic E-state index is 11.8. The molecule has 4 heterocycles. The molecular formula is C14H17N5O6. The van der Waals surface area contributed by atoms with E-state index in [1.54, 1.807) is 13.8 Å².